The second kappa shape index (κ2) is 10.6. The fourth-order valence-electron chi connectivity index (χ4n) is 4.28. The van der Waals surface area contributed by atoms with E-state index in [1.807, 2.05) is 42.5 Å². The molecule has 6 heteroatoms. The highest BCUT2D eigenvalue weighted by Crippen LogP contribution is 2.26. The molecule has 1 N–H and O–H groups in total. The van der Waals surface area contributed by atoms with Crippen molar-refractivity contribution in [1.82, 2.24) is 4.90 Å². The quantitative estimate of drug-likeness (QED) is 0.528. The number of carbonyl (C=O) groups excluding carboxylic acids is 1. The molecule has 0 spiro atoms. The van der Waals surface area contributed by atoms with E-state index in [1.165, 1.54) is 11.3 Å². The average Bonchev–Trinajstić information content (AvgIpc) is 3.32. The number of rotatable bonds is 8. The van der Waals surface area contributed by atoms with Crippen molar-refractivity contribution in [2.75, 3.05) is 50.1 Å². The molecule has 2 aromatic carbocycles. The number of aryl methyl sites for hydroxylation is 2. The molecule has 0 aliphatic carbocycles. The maximum Gasteiger partial charge on any atom is 0.224 e. The lowest BCUT2D eigenvalue weighted by Gasteiger charge is -2.36. The molecule has 4 rings (SSSR count). The Morgan fingerprint density at radius 1 is 1.03 bits per heavy atom. The number of methoxy groups -OCH3 is 1. The van der Waals surface area contributed by atoms with Crippen molar-refractivity contribution in [2.24, 2.45) is 0 Å². The number of ether oxygens (including phenoxy) is 1. The van der Waals surface area contributed by atoms with Crippen molar-refractivity contribution in [3.63, 3.8) is 0 Å². The zero-order chi connectivity index (χ0) is 23.2. The predicted octanol–water partition coefficient (Wildman–Crippen LogP) is 4.98. The molecular weight excluding hydrogens is 414 g/mol. The van der Waals surface area contributed by atoms with Gasteiger partial charge < -0.3 is 24.3 Å². The number of amides is 1. The maximum absolute atomic E-state index is 12.5. The fraction of sp³-hybridized carbons (Fsp3) is 0.370. The third-order valence-corrected chi connectivity index (χ3v) is 6.28. The SMILES string of the molecule is CCN1CCN(c2ccc(NC(=O)CCc3ccc(-c4ccc(OC)cc4)o3)cc2C)CC1. The van der Waals surface area contributed by atoms with Gasteiger partial charge in [0.25, 0.3) is 0 Å². The van der Waals surface area contributed by atoms with Gasteiger partial charge in [0.1, 0.15) is 17.3 Å². The van der Waals surface area contributed by atoms with Crippen LogP contribution in [0.1, 0.15) is 24.7 Å². The monoisotopic (exact) mass is 447 g/mol. The highest BCUT2D eigenvalue weighted by atomic mass is 16.5. The Balaban J connectivity index is 1.29. The third-order valence-electron chi connectivity index (χ3n) is 6.28. The largest absolute Gasteiger partial charge is 0.497 e. The summed E-state index contributed by atoms with van der Waals surface area (Å²) < 4.78 is 11.1. The Kier molecular flexibility index (Phi) is 7.35. The summed E-state index contributed by atoms with van der Waals surface area (Å²) in [5, 5.41) is 3.03. The minimum atomic E-state index is -0.0129. The van der Waals surface area contributed by atoms with Crippen molar-refractivity contribution in [2.45, 2.75) is 26.7 Å². The van der Waals surface area contributed by atoms with Gasteiger partial charge in [0.2, 0.25) is 5.91 Å². The van der Waals surface area contributed by atoms with Crippen LogP contribution in [0.15, 0.2) is 59.0 Å². The lowest BCUT2D eigenvalue weighted by atomic mass is 10.1. The lowest BCUT2D eigenvalue weighted by Crippen LogP contribution is -2.46. The zero-order valence-electron chi connectivity index (χ0n) is 19.8. The first-order valence-corrected chi connectivity index (χ1v) is 11.7. The number of anilines is 2. The molecule has 33 heavy (non-hydrogen) atoms. The molecule has 3 aromatic rings. The van der Waals surface area contributed by atoms with Gasteiger partial charge in [-0.1, -0.05) is 6.92 Å². The average molecular weight is 448 g/mol. The van der Waals surface area contributed by atoms with Crippen LogP contribution in [0.4, 0.5) is 11.4 Å². The van der Waals surface area contributed by atoms with Gasteiger partial charge in [-0.05, 0) is 73.6 Å². The molecule has 1 fully saturated rings. The Hall–Kier alpha value is -3.25. The van der Waals surface area contributed by atoms with E-state index in [0.29, 0.717) is 12.8 Å². The van der Waals surface area contributed by atoms with Crippen LogP contribution in [0.5, 0.6) is 5.75 Å². The molecule has 2 heterocycles. The molecule has 6 nitrogen and oxygen atoms in total. The molecule has 1 saturated heterocycles. The minimum Gasteiger partial charge on any atom is -0.497 e. The van der Waals surface area contributed by atoms with Crippen molar-refractivity contribution in [3.8, 4) is 17.1 Å². The Bertz CT molecular complexity index is 1070. The van der Waals surface area contributed by atoms with Crippen LogP contribution in [0.3, 0.4) is 0 Å². The van der Waals surface area contributed by atoms with Gasteiger partial charge in [-0.25, -0.2) is 0 Å². The van der Waals surface area contributed by atoms with Crippen molar-refractivity contribution in [1.29, 1.82) is 0 Å². The van der Waals surface area contributed by atoms with Gasteiger partial charge in [-0.2, -0.15) is 0 Å². The molecule has 0 atom stereocenters. The van der Waals surface area contributed by atoms with Crippen LogP contribution in [0.25, 0.3) is 11.3 Å². The summed E-state index contributed by atoms with van der Waals surface area (Å²) in [5.41, 5.74) is 4.27. The number of benzene rings is 2. The number of nitrogens with one attached hydrogen (secondary N) is 1. The van der Waals surface area contributed by atoms with E-state index in [-0.39, 0.29) is 5.91 Å². The summed E-state index contributed by atoms with van der Waals surface area (Å²) in [4.78, 5) is 17.4. The fourth-order valence-corrected chi connectivity index (χ4v) is 4.28. The van der Waals surface area contributed by atoms with E-state index in [0.717, 1.165) is 61.2 Å². The maximum atomic E-state index is 12.5. The van der Waals surface area contributed by atoms with Crippen LogP contribution >= 0.6 is 0 Å². The van der Waals surface area contributed by atoms with E-state index in [9.17, 15) is 4.79 Å². The van der Waals surface area contributed by atoms with Gasteiger partial charge in [0.05, 0.1) is 7.11 Å². The third kappa shape index (κ3) is 5.76. The summed E-state index contributed by atoms with van der Waals surface area (Å²) in [5.74, 6) is 2.39. The molecule has 1 aliphatic heterocycles. The van der Waals surface area contributed by atoms with Gasteiger partial charge >= 0.3 is 0 Å². The summed E-state index contributed by atoms with van der Waals surface area (Å²) in [6.07, 6.45) is 0.927. The summed E-state index contributed by atoms with van der Waals surface area (Å²) in [7, 11) is 1.65. The van der Waals surface area contributed by atoms with E-state index in [1.54, 1.807) is 7.11 Å². The molecule has 0 saturated carbocycles. The predicted molar refractivity (Wildman–Crippen MR) is 133 cm³/mol. The molecule has 1 amide bonds. The van der Waals surface area contributed by atoms with Crippen LogP contribution in [0, 0.1) is 6.92 Å². The topological polar surface area (TPSA) is 58.0 Å². The summed E-state index contributed by atoms with van der Waals surface area (Å²) in [6.45, 7) is 9.72. The Morgan fingerprint density at radius 3 is 2.45 bits per heavy atom. The number of likely N-dealkylation sites (N-methyl/N-ethyl adjacent to an activating group) is 1. The standard InChI is InChI=1S/C27H33N3O3/c1-4-29-15-17-30(18-16-29)25-12-7-22(19-20(25)2)28-27(31)14-11-24-10-13-26(33-24)21-5-8-23(32-3)9-6-21/h5-10,12-13,19H,4,11,14-18H2,1-3H3,(H,28,31). The van der Waals surface area contributed by atoms with E-state index in [2.05, 4.69) is 41.1 Å². The van der Waals surface area contributed by atoms with Gasteiger partial charge in [-0.3, -0.25) is 4.79 Å². The molecule has 1 aromatic heterocycles. The number of furan rings is 1. The molecular formula is C27H33N3O3. The van der Waals surface area contributed by atoms with Crippen molar-refractivity contribution in [3.05, 3.63) is 65.9 Å². The number of carbonyl (C=O) groups is 1. The van der Waals surface area contributed by atoms with Gasteiger partial charge in [-0.15, -0.1) is 0 Å². The van der Waals surface area contributed by atoms with E-state index in [4.69, 9.17) is 9.15 Å². The minimum absolute atomic E-state index is 0.0129. The van der Waals surface area contributed by atoms with Gasteiger partial charge in [0.15, 0.2) is 0 Å². The first-order chi connectivity index (χ1) is 16.1. The second-order valence-corrected chi connectivity index (χ2v) is 8.47. The van der Waals surface area contributed by atoms with Crippen LogP contribution in [-0.2, 0) is 11.2 Å². The second-order valence-electron chi connectivity index (χ2n) is 8.47. The molecule has 0 unspecified atom stereocenters. The smallest absolute Gasteiger partial charge is 0.224 e. The highest BCUT2D eigenvalue weighted by Gasteiger charge is 2.17. The summed E-state index contributed by atoms with van der Waals surface area (Å²) >= 11 is 0. The zero-order valence-corrected chi connectivity index (χ0v) is 19.8. The van der Waals surface area contributed by atoms with E-state index >= 15 is 0 Å². The van der Waals surface area contributed by atoms with Gasteiger partial charge in [0, 0.05) is 56.0 Å². The highest BCUT2D eigenvalue weighted by molar-refractivity contribution is 5.91. The van der Waals surface area contributed by atoms with Crippen LogP contribution in [0.2, 0.25) is 0 Å². The lowest BCUT2D eigenvalue weighted by molar-refractivity contribution is -0.116. The van der Waals surface area contributed by atoms with E-state index < -0.39 is 0 Å². The summed E-state index contributed by atoms with van der Waals surface area (Å²) in [6, 6.07) is 17.8. The normalized spacial score (nSPS) is 14.3. The van der Waals surface area contributed by atoms with Crippen molar-refractivity contribution >= 4 is 17.3 Å². The number of hydrogen-bond donors (Lipinski definition) is 1. The number of hydrogen-bond acceptors (Lipinski definition) is 5. The first-order valence-electron chi connectivity index (χ1n) is 11.7. The number of nitrogens with zero attached hydrogens (tertiary/aromatic N) is 2. The van der Waals surface area contributed by atoms with Crippen LogP contribution < -0.4 is 15.0 Å². The Morgan fingerprint density at radius 2 is 1.79 bits per heavy atom. The molecule has 0 radical (unpaired) electrons. The molecule has 1 aliphatic rings. The molecule has 0 bridgehead atoms. The number of piperazine rings is 1. The van der Waals surface area contributed by atoms with Crippen LogP contribution in [-0.4, -0.2) is 50.6 Å². The van der Waals surface area contributed by atoms with Crippen molar-refractivity contribution < 1.29 is 13.9 Å². The molecule has 174 valence electrons. The Labute approximate surface area is 196 Å². The first kappa shape index (κ1) is 22.9.